The van der Waals surface area contributed by atoms with Gasteiger partial charge in [0, 0.05) is 35.9 Å². The van der Waals surface area contributed by atoms with E-state index in [9.17, 15) is 12.6 Å². The molecule has 4 nitrogen and oxygen atoms in total. The summed E-state index contributed by atoms with van der Waals surface area (Å²) in [4.78, 5) is 0. The predicted molar refractivity (Wildman–Crippen MR) is 65.3 cm³/mol. The molecule has 0 fully saturated rings. The highest BCUT2D eigenvalue weighted by atomic mass is 32.2. The van der Waals surface area contributed by atoms with Crippen LogP contribution >= 0.6 is 0 Å². The molecule has 6 heteroatoms. The smallest absolute Gasteiger partial charge is 0.156 e. The Morgan fingerprint density at radius 1 is 1.20 bits per heavy atom. The lowest BCUT2D eigenvalue weighted by molar-refractivity contribution is 0.557. The van der Waals surface area contributed by atoms with Crippen molar-refractivity contribution in [3.8, 4) is 0 Å². The van der Waals surface area contributed by atoms with Crippen molar-refractivity contribution in [2.45, 2.75) is 25.5 Å². The first-order valence-corrected chi connectivity index (χ1v) is 8.28. The average Bonchev–Trinajstić information content (AvgIpc) is 2.00. The molecule has 0 radical (unpaired) electrons. The van der Waals surface area contributed by atoms with Crippen molar-refractivity contribution < 1.29 is 12.6 Å². The summed E-state index contributed by atoms with van der Waals surface area (Å²) in [5.41, 5.74) is 0. The Hall–Kier alpha value is 0.0600. The summed E-state index contributed by atoms with van der Waals surface area (Å²) in [5, 5.41) is 2.97. The van der Waals surface area contributed by atoms with Gasteiger partial charge in [-0.05, 0) is 20.8 Å². The molecule has 0 spiro atoms. The average molecular weight is 255 g/mol. The van der Waals surface area contributed by atoms with Crippen molar-refractivity contribution in [2.75, 3.05) is 30.9 Å². The van der Waals surface area contributed by atoms with Gasteiger partial charge >= 0.3 is 0 Å². The quantitative estimate of drug-likeness (QED) is 0.687. The second-order valence-corrected chi connectivity index (χ2v) is 8.88. The molecule has 0 aliphatic rings. The van der Waals surface area contributed by atoms with E-state index in [0.717, 1.165) is 0 Å². The maximum atomic E-state index is 11.6. The molecule has 0 rings (SSSR count). The SMILES string of the molecule is CS(=O)CCNCCS(=O)(=O)C(C)(C)C. The topological polar surface area (TPSA) is 63.2 Å². The largest absolute Gasteiger partial charge is 0.315 e. The normalized spacial score (nSPS) is 15.2. The van der Waals surface area contributed by atoms with Crippen molar-refractivity contribution >= 4 is 20.6 Å². The molecule has 0 aliphatic heterocycles. The Balaban J connectivity index is 3.83. The fourth-order valence-corrected chi connectivity index (χ4v) is 2.31. The van der Waals surface area contributed by atoms with E-state index >= 15 is 0 Å². The molecule has 1 unspecified atom stereocenters. The summed E-state index contributed by atoms with van der Waals surface area (Å²) in [7, 11) is -3.86. The summed E-state index contributed by atoms with van der Waals surface area (Å²) in [6, 6.07) is 0. The van der Waals surface area contributed by atoms with Crippen LogP contribution in [0.25, 0.3) is 0 Å². The molecule has 1 atom stereocenters. The zero-order valence-corrected chi connectivity index (χ0v) is 11.5. The Kier molecular flexibility index (Phi) is 5.98. The van der Waals surface area contributed by atoms with Crippen LogP contribution in [0.15, 0.2) is 0 Å². The minimum absolute atomic E-state index is 0.132. The standard InChI is InChI=1S/C9H21NO3S2/c1-9(2,3)15(12,13)8-6-10-5-7-14(4)11/h10H,5-8H2,1-4H3. The first-order chi connectivity index (χ1) is 6.67. The fraction of sp³-hybridized carbons (Fsp3) is 1.00. The van der Waals surface area contributed by atoms with Gasteiger partial charge in [-0.3, -0.25) is 4.21 Å². The molecule has 0 saturated heterocycles. The fourth-order valence-electron chi connectivity index (χ4n) is 0.854. The van der Waals surface area contributed by atoms with E-state index in [1.54, 1.807) is 27.0 Å². The van der Waals surface area contributed by atoms with Crippen molar-refractivity contribution in [3.05, 3.63) is 0 Å². The third-order valence-electron chi connectivity index (χ3n) is 2.05. The van der Waals surface area contributed by atoms with E-state index in [1.165, 1.54) is 0 Å². The van der Waals surface area contributed by atoms with Crippen molar-refractivity contribution in [3.63, 3.8) is 0 Å². The van der Waals surface area contributed by atoms with Gasteiger partial charge in [0.25, 0.3) is 0 Å². The number of sulfone groups is 1. The van der Waals surface area contributed by atoms with Gasteiger partial charge in [-0.1, -0.05) is 0 Å². The monoisotopic (exact) mass is 255 g/mol. The molecular weight excluding hydrogens is 234 g/mol. The second kappa shape index (κ2) is 5.96. The molecule has 0 bridgehead atoms. The van der Waals surface area contributed by atoms with E-state index in [2.05, 4.69) is 5.32 Å². The number of hydrogen-bond acceptors (Lipinski definition) is 4. The zero-order valence-electron chi connectivity index (χ0n) is 9.87. The molecule has 0 aromatic rings. The minimum atomic E-state index is -3.04. The van der Waals surface area contributed by atoms with Crippen LogP contribution in [0, 0.1) is 0 Å². The molecule has 0 aromatic heterocycles. The van der Waals surface area contributed by atoms with E-state index < -0.39 is 25.4 Å². The van der Waals surface area contributed by atoms with Crippen LogP contribution in [0.5, 0.6) is 0 Å². The van der Waals surface area contributed by atoms with Crippen LogP contribution in [-0.4, -0.2) is 48.2 Å². The van der Waals surface area contributed by atoms with Gasteiger partial charge in [-0.2, -0.15) is 0 Å². The van der Waals surface area contributed by atoms with Gasteiger partial charge in [0.15, 0.2) is 9.84 Å². The Morgan fingerprint density at radius 2 is 1.73 bits per heavy atom. The van der Waals surface area contributed by atoms with E-state index in [-0.39, 0.29) is 5.75 Å². The Labute approximate surface area is 95.2 Å². The van der Waals surface area contributed by atoms with Crippen LogP contribution in [0.1, 0.15) is 20.8 Å². The molecule has 0 heterocycles. The predicted octanol–water partition coefficient (Wildman–Crippen LogP) is 0.168. The van der Waals surface area contributed by atoms with Crippen LogP contribution < -0.4 is 5.32 Å². The molecule has 0 aliphatic carbocycles. The Bertz CT molecular complexity index is 304. The summed E-state index contributed by atoms with van der Waals surface area (Å²) in [5.74, 6) is 0.697. The van der Waals surface area contributed by atoms with Crippen LogP contribution in [0.4, 0.5) is 0 Å². The highest BCUT2D eigenvalue weighted by molar-refractivity contribution is 7.92. The molecule has 0 saturated carbocycles. The summed E-state index contributed by atoms with van der Waals surface area (Å²) >= 11 is 0. The molecule has 1 N–H and O–H groups in total. The van der Waals surface area contributed by atoms with E-state index in [0.29, 0.717) is 18.8 Å². The third kappa shape index (κ3) is 6.27. The third-order valence-corrected chi connectivity index (χ3v) is 5.43. The van der Waals surface area contributed by atoms with Crippen LogP contribution in [-0.2, 0) is 20.6 Å². The van der Waals surface area contributed by atoms with Gasteiger partial charge in [-0.25, -0.2) is 8.42 Å². The second-order valence-electron chi connectivity index (χ2n) is 4.46. The maximum Gasteiger partial charge on any atom is 0.156 e. The van der Waals surface area contributed by atoms with Crippen LogP contribution in [0.2, 0.25) is 0 Å². The lowest BCUT2D eigenvalue weighted by Gasteiger charge is -2.19. The number of nitrogens with one attached hydrogen (secondary N) is 1. The van der Waals surface area contributed by atoms with Crippen molar-refractivity contribution in [1.82, 2.24) is 5.32 Å². The highest BCUT2D eigenvalue weighted by Gasteiger charge is 2.27. The van der Waals surface area contributed by atoms with Crippen LogP contribution in [0.3, 0.4) is 0 Å². The Morgan fingerprint density at radius 3 is 2.13 bits per heavy atom. The zero-order chi connectivity index (χ0) is 12.1. The lowest BCUT2D eigenvalue weighted by Crippen LogP contribution is -2.35. The maximum absolute atomic E-state index is 11.6. The first kappa shape index (κ1) is 15.1. The molecule has 92 valence electrons. The van der Waals surface area contributed by atoms with Gasteiger partial charge in [-0.15, -0.1) is 0 Å². The number of hydrogen-bond donors (Lipinski definition) is 1. The molecule has 0 aromatic carbocycles. The highest BCUT2D eigenvalue weighted by Crippen LogP contribution is 2.14. The number of rotatable bonds is 6. The lowest BCUT2D eigenvalue weighted by atomic mass is 10.3. The first-order valence-electron chi connectivity index (χ1n) is 4.90. The summed E-state index contributed by atoms with van der Waals surface area (Å²) in [6.45, 7) is 6.12. The summed E-state index contributed by atoms with van der Waals surface area (Å²) in [6.07, 6.45) is 1.63. The van der Waals surface area contributed by atoms with Crippen molar-refractivity contribution in [1.29, 1.82) is 0 Å². The summed E-state index contributed by atoms with van der Waals surface area (Å²) < 4.78 is 33.3. The van der Waals surface area contributed by atoms with Gasteiger partial charge in [0.2, 0.25) is 0 Å². The van der Waals surface area contributed by atoms with Gasteiger partial charge in [0.05, 0.1) is 10.5 Å². The van der Waals surface area contributed by atoms with E-state index in [1.807, 2.05) is 0 Å². The van der Waals surface area contributed by atoms with Crippen molar-refractivity contribution in [2.24, 2.45) is 0 Å². The van der Waals surface area contributed by atoms with Gasteiger partial charge < -0.3 is 5.32 Å². The van der Waals surface area contributed by atoms with Gasteiger partial charge in [0.1, 0.15) is 0 Å². The minimum Gasteiger partial charge on any atom is -0.315 e. The van der Waals surface area contributed by atoms with E-state index in [4.69, 9.17) is 0 Å². The molecule has 15 heavy (non-hydrogen) atoms. The molecular formula is C9H21NO3S2. The molecule has 0 amide bonds.